The minimum absolute atomic E-state index is 0.0371. The van der Waals surface area contributed by atoms with Crippen molar-refractivity contribution in [1.82, 2.24) is 5.32 Å². The van der Waals surface area contributed by atoms with Crippen molar-refractivity contribution in [2.75, 3.05) is 6.54 Å². The topological polar surface area (TPSA) is 12.0 Å². The van der Waals surface area contributed by atoms with Crippen LogP contribution in [0.1, 0.15) is 42.5 Å². The van der Waals surface area contributed by atoms with Gasteiger partial charge < -0.3 is 5.32 Å². The van der Waals surface area contributed by atoms with Gasteiger partial charge in [0.05, 0.1) is 0 Å². The number of alkyl halides is 3. The van der Waals surface area contributed by atoms with Crippen molar-refractivity contribution in [3.63, 3.8) is 0 Å². The molecule has 0 spiro atoms. The molecule has 0 radical (unpaired) electrons. The van der Waals surface area contributed by atoms with Crippen LogP contribution in [0.5, 0.6) is 0 Å². The number of halogens is 4. The average molecular weight is 277 g/mol. The van der Waals surface area contributed by atoms with Crippen LogP contribution in [0.3, 0.4) is 0 Å². The Bertz CT molecular complexity index is 403. The van der Waals surface area contributed by atoms with Crippen molar-refractivity contribution < 1.29 is 17.6 Å². The Labute approximate surface area is 111 Å². The van der Waals surface area contributed by atoms with Crippen molar-refractivity contribution in [3.8, 4) is 0 Å². The van der Waals surface area contributed by atoms with E-state index in [1.165, 1.54) is 12.1 Å². The molecule has 1 unspecified atom stereocenters. The van der Waals surface area contributed by atoms with Gasteiger partial charge in [0.2, 0.25) is 0 Å². The van der Waals surface area contributed by atoms with E-state index in [4.69, 9.17) is 0 Å². The minimum atomic E-state index is -4.17. The fraction of sp³-hybridized carbons (Fsp3) is 0.571. The predicted molar refractivity (Wildman–Crippen MR) is 67.6 cm³/mol. The number of hydrogen-bond donors (Lipinski definition) is 1. The fourth-order valence-electron chi connectivity index (χ4n) is 2.37. The zero-order chi connectivity index (χ0) is 14.6. The van der Waals surface area contributed by atoms with Crippen molar-refractivity contribution in [3.05, 3.63) is 34.6 Å². The summed E-state index contributed by atoms with van der Waals surface area (Å²) in [5, 5.41) is 3.05. The molecule has 5 heteroatoms. The summed E-state index contributed by atoms with van der Waals surface area (Å²) in [6, 6.07) is 2.33. The summed E-state index contributed by atoms with van der Waals surface area (Å²) in [7, 11) is 0. The van der Waals surface area contributed by atoms with Crippen LogP contribution < -0.4 is 5.32 Å². The lowest BCUT2D eigenvalue weighted by molar-refractivity contribution is -0.136. The van der Waals surface area contributed by atoms with Crippen LogP contribution in [0.15, 0.2) is 12.1 Å². The Morgan fingerprint density at radius 3 is 2.11 bits per heavy atom. The molecule has 0 fully saturated rings. The first kappa shape index (κ1) is 16.0. The molecule has 0 bridgehead atoms. The molecule has 1 rings (SSSR count). The summed E-state index contributed by atoms with van der Waals surface area (Å²) >= 11 is 0. The van der Waals surface area contributed by atoms with E-state index in [-0.39, 0.29) is 12.2 Å². The molecular weight excluding hydrogens is 258 g/mol. The maximum absolute atomic E-state index is 13.2. The molecule has 0 aliphatic heterocycles. The number of aryl methyl sites for hydroxylation is 2. The van der Waals surface area contributed by atoms with Crippen LogP contribution in [0.2, 0.25) is 0 Å². The maximum Gasteiger partial charge on any atom is 0.389 e. The van der Waals surface area contributed by atoms with Gasteiger partial charge >= 0.3 is 6.18 Å². The lowest BCUT2D eigenvalue weighted by Gasteiger charge is -2.23. The van der Waals surface area contributed by atoms with E-state index < -0.39 is 18.6 Å². The highest BCUT2D eigenvalue weighted by Crippen LogP contribution is 2.31. The molecule has 108 valence electrons. The highest BCUT2D eigenvalue weighted by Gasteiger charge is 2.29. The molecule has 0 saturated heterocycles. The van der Waals surface area contributed by atoms with Crippen LogP contribution in [0, 0.1) is 19.7 Å². The fourth-order valence-corrected chi connectivity index (χ4v) is 2.37. The van der Waals surface area contributed by atoms with Crippen molar-refractivity contribution in [1.29, 1.82) is 0 Å². The average Bonchev–Trinajstić information content (AvgIpc) is 2.23. The molecule has 0 aromatic heterocycles. The van der Waals surface area contributed by atoms with Gasteiger partial charge in [0, 0.05) is 12.5 Å². The standard InChI is InChI=1S/C14H19F4N/c1-4-19-12(5-6-14(16,17)18)13-9(2)7-11(15)8-10(13)3/h7-8,12,19H,4-6H2,1-3H3. The summed E-state index contributed by atoms with van der Waals surface area (Å²) in [6.45, 7) is 5.86. The first-order valence-electron chi connectivity index (χ1n) is 6.31. The summed E-state index contributed by atoms with van der Waals surface area (Å²) in [5.41, 5.74) is 2.14. The molecule has 1 aromatic rings. The Morgan fingerprint density at radius 1 is 1.16 bits per heavy atom. The van der Waals surface area contributed by atoms with Gasteiger partial charge in [0.25, 0.3) is 0 Å². The van der Waals surface area contributed by atoms with Crippen molar-refractivity contribution >= 4 is 0 Å². The number of rotatable bonds is 5. The number of nitrogens with one attached hydrogen (secondary N) is 1. The number of hydrogen-bond acceptors (Lipinski definition) is 1. The van der Waals surface area contributed by atoms with Gasteiger partial charge in [-0.2, -0.15) is 13.2 Å². The Hall–Kier alpha value is -1.10. The molecule has 0 aliphatic rings. The molecule has 1 N–H and O–H groups in total. The third kappa shape index (κ3) is 4.82. The van der Waals surface area contributed by atoms with Gasteiger partial charge in [0.15, 0.2) is 0 Å². The lowest BCUT2D eigenvalue weighted by Crippen LogP contribution is -2.24. The second-order valence-electron chi connectivity index (χ2n) is 4.72. The predicted octanol–water partition coefficient (Wildman–Crippen LogP) is 4.44. The van der Waals surface area contributed by atoms with E-state index in [0.29, 0.717) is 17.7 Å². The van der Waals surface area contributed by atoms with E-state index in [9.17, 15) is 17.6 Å². The van der Waals surface area contributed by atoms with E-state index in [2.05, 4.69) is 5.32 Å². The molecule has 0 saturated carbocycles. The molecule has 1 atom stereocenters. The van der Waals surface area contributed by atoms with Crippen LogP contribution in [0.4, 0.5) is 17.6 Å². The molecule has 1 nitrogen and oxygen atoms in total. The molecule has 1 aromatic carbocycles. The summed E-state index contributed by atoms with van der Waals surface area (Å²) in [6.07, 6.45) is -5.05. The summed E-state index contributed by atoms with van der Waals surface area (Å²) in [5.74, 6) is -0.357. The van der Waals surface area contributed by atoms with Gasteiger partial charge in [-0.25, -0.2) is 4.39 Å². The minimum Gasteiger partial charge on any atom is -0.310 e. The zero-order valence-corrected chi connectivity index (χ0v) is 11.4. The third-order valence-corrected chi connectivity index (χ3v) is 3.07. The monoisotopic (exact) mass is 277 g/mol. The van der Waals surface area contributed by atoms with Gasteiger partial charge in [-0.05, 0) is 55.6 Å². The van der Waals surface area contributed by atoms with Crippen LogP contribution in [-0.2, 0) is 0 Å². The second kappa shape index (κ2) is 6.37. The molecule has 0 aliphatic carbocycles. The second-order valence-corrected chi connectivity index (χ2v) is 4.72. The van der Waals surface area contributed by atoms with Crippen LogP contribution >= 0.6 is 0 Å². The quantitative estimate of drug-likeness (QED) is 0.785. The summed E-state index contributed by atoms with van der Waals surface area (Å²) < 4.78 is 50.3. The van der Waals surface area contributed by atoms with E-state index in [0.717, 1.165) is 5.56 Å². The third-order valence-electron chi connectivity index (χ3n) is 3.07. The first-order chi connectivity index (χ1) is 8.74. The molecule has 19 heavy (non-hydrogen) atoms. The van der Waals surface area contributed by atoms with Crippen molar-refractivity contribution in [2.45, 2.75) is 45.8 Å². The Morgan fingerprint density at radius 2 is 1.68 bits per heavy atom. The van der Waals surface area contributed by atoms with E-state index in [1.807, 2.05) is 6.92 Å². The first-order valence-corrected chi connectivity index (χ1v) is 6.31. The lowest BCUT2D eigenvalue weighted by atomic mass is 9.93. The zero-order valence-electron chi connectivity index (χ0n) is 11.4. The largest absolute Gasteiger partial charge is 0.389 e. The molecule has 0 heterocycles. The highest BCUT2D eigenvalue weighted by atomic mass is 19.4. The van der Waals surface area contributed by atoms with Gasteiger partial charge in [-0.1, -0.05) is 6.92 Å². The highest BCUT2D eigenvalue weighted by molar-refractivity contribution is 5.36. The van der Waals surface area contributed by atoms with Crippen LogP contribution in [0.25, 0.3) is 0 Å². The van der Waals surface area contributed by atoms with Crippen LogP contribution in [-0.4, -0.2) is 12.7 Å². The smallest absolute Gasteiger partial charge is 0.310 e. The number of benzene rings is 1. The molecular formula is C14H19F4N. The Balaban J connectivity index is 2.99. The van der Waals surface area contributed by atoms with Gasteiger partial charge in [0.1, 0.15) is 5.82 Å². The Kier molecular flexibility index (Phi) is 5.35. The van der Waals surface area contributed by atoms with E-state index >= 15 is 0 Å². The summed E-state index contributed by atoms with van der Waals surface area (Å²) in [4.78, 5) is 0. The van der Waals surface area contributed by atoms with Gasteiger partial charge in [-0.15, -0.1) is 0 Å². The maximum atomic E-state index is 13.2. The van der Waals surface area contributed by atoms with Gasteiger partial charge in [-0.3, -0.25) is 0 Å². The van der Waals surface area contributed by atoms with E-state index in [1.54, 1.807) is 13.8 Å². The SMILES string of the molecule is CCNC(CCC(F)(F)F)c1c(C)cc(F)cc1C. The molecule has 0 amide bonds. The normalized spacial score (nSPS) is 13.6. The van der Waals surface area contributed by atoms with Crippen molar-refractivity contribution in [2.24, 2.45) is 0 Å².